The van der Waals surface area contributed by atoms with Crippen molar-refractivity contribution < 1.29 is 32.1 Å². The van der Waals surface area contributed by atoms with Crippen LogP contribution in [0.3, 0.4) is 0 Å². The number of carbonyl (C=O) groups excluding carboxylic acids is 3. The molecule has 12 heteroatoms. The number of piperidine rings is 1. The van der Waals surface area contributed by atoms with Crippen LogP contribution in [0.5, 0.6) is 0 Å². The number of hydrogen-bond acceptors (Lipinski definition) is 6. The molecule has 2 unspecified atom stereocenters. The van der Waals surface area contributed by atoms with Crippen LogP contribution in [0.4, 0.5) is 4.79 Å². The van der Waals surface area contributed by atoms with Crippen LogP contribution in [0.1, 0.15) is 65.9 Å². The van der Waals surface area contributed by atoms with E-state index in [9.17, 15) is 22.8 Å². The third kappa shape index (κ3) is 9.46. The van der Waals surface area contributed by atoms with Crippen molar-refractivity contribution >= 4 is 39.6 Å². The number of urea groups is 1. The van der Waals surface area contributed by atoms with Gasteiger partial charge in [-0.15, -0.1) is 0 Å². The van der Waals surface area contributed by atoms with Gasteiger partial charge in [-0.05, 0) is 55.2 Å². The molecule has 0 aromatic heterocycles. The Bertz CT molecular complexity index is 1090. The lowest BCUT2D eigenvalue weighted by Gasteiger charge is -2.45. The summed E-state index contributed by atoms with van der Waals surface area (Å²) < 4.78 is 35.6. The molecule has 3 amide bonds. The first-order chi connectivity index (χ1) is 16.9. The van der Waals surface area contributed by atoms with Gasteiger partial charge in [-0.1, -0.05) is 51.4 Å². The Morgan fingerprint density at radius 1 is 1.22 bits per heavy atom. The molecule has 1 aliphatic rings. The van der Waals surface area contributed by atoms with E-state index in [1.807, 2.05) is 38.1 Å². The van der Waals surface area contributed by atoms with Gasteiger partial charge in [0.05, 0.1) is 12.2 Å². The second-order valence-electron chi connectivity index (χ2n) is 11.0. The topological polar surface area (TPSA) is 142 Å². The molecule has 208 valence electrons. The van der Waals surface area contributed by atoms with E-state index >= 15 is 0 Å². The van der Waals surface area contributed by atoms with Gasteiger partial charge in [0.2, 0.25) is 5.91 Å². The predicted molar refractivity (Wildman–Crippen MR) is 141 cm³/mol. The van der Waals surface area contributed by atoms with Gasteiger partial charge in [-0.2, -0.15) is 8.42 Å². The number of amides is 3. The van der Waals surface area contributed by atoms with Gasteiger partial charge >= 0.3 is 12.0 Å². The van der Waals surface area contributed by atoms with Gasteiger partial charge in [0.1, 0.15) is 6.04 Å². The second-order valence-corrected chi connectivity index (χ2v) is 13.0. The minimum Gasteiger partial charge on any atom is -0.440 e. The predicted octanol–water partition coefficient (Wildman–Crippen LogP) is 3.56. The third-order valence-electron chi connectivity index (χ3n) is 6.38. The number of likely N-dealkylation sites (tertiary alicyclic amines) is 1. The molecule has 1 heterocycles. The molecule has 2 rings (SSSR count). The van der Waals surface area contributed by atoms with E-state index < -0.39 is 46.1 Å². The zero-order valence-electron chi connectivity index (χ0n) is 22.2. The normalized spacial score (nSPS) is 18.7. The quantitative estimate of drug-likeness (QED) is 0.238. The number of benzene rings is 1. The van der Waals surface area contributed by atoms with Gasteiger partial charge in [0.15, 0.2) is 5.72 Å². The van der Waals surface area contributed by atoms with Crippen LogP contribution in [-0.2, 0) is 24.4 Å². The van der Waals surface area contributed by atoms with Crippen LogP contribution in [0.15, 0.2) is 24.3 Å². The smallest absolute Gasteiger partial charge is 0.318 e. The molecule has 3 N–H and O–H groups in total. The SMILES string of the molecule is CC(C)C(NC(=O)NC(C)(C)OC(=O)CCS(=O)(=O)O)C(=O)N1CCC(c2ccc(Cl)cc2)C(C)(C)C1. The van der Waals surface area contributed by atoms with Crippen molar-refractivity contribution in [3.63, 3.8) is 0 Å². The van der Waals surface area contributed by atoms with Gasteiger partial charge in [-0.25, -0.2) is 4.79 Å². The fourth-order valence-corrected chi connectivity index (χ4v) is 5.14. The molecule has 1 aliphatic heterocycles. The van der Waals surface area contributed by atoms with Crippen molar-refractivity contribution in [2.45, 2.75) is 72.1 Å². The monoisotopic (exact) mass is 559 g/mol. The Morgan fingerprint density at radius 3 is 2.32 bits per heavy atom. The highest BCUT2D eigenvalue weighted by Crippen LogP contribution is 2.42. The van der Waals surface area contributed by atoms with E-state index in [0.29, 0.717) is 18.1 Å². The first-order valence-corrected chi connectivity index (χ1v) is 14.2. The van der Waals surface area contributed by atoms with Crippen LogP contribution in [0.25, 0.3) is 0 Å². The molecule has 1 fully saturated rings. The summed E-state index contributed by atoms with van der Waals surface area (Å²) >= 11 is 6.04. The molecule has 1 saturated heterocycles. The van der Waals surface area contributed by atoms with Crippen LogP contribution >= 0.6 is 11.6 Å². The van der Waals surface area contributed by atoms with Crippen molar-refractivity contribution in [2.24, 2.45) is 11.3 Å². The van der Waals surface area contributed by atoms with Crippen LogP contribution in [0.2, 0.25) is 5.02 Å². The largest absolute Gasteiger partial charge is 0.440 e. The fourth-order valence-electron chi connectivity index (χ4n) is 4.59. The zero-order valence-corrected chi connectivity index (χ0v) is 23.8. The van der Waals surface area contributed by atoms with Gasteiger partial charge in [0, 0.05) is 18.1 Å². The van der Waals surface area contributed by atoms with Crippen molar-refractivity contribution in [3.05, 3.63) is 34.9 Å². The van der Waals surface area contributed by atoms with Crippen molar-refractivity contribution in [1.29, 1.82) is 0 Å². The van der Waals surface area contributed by atoms with Crippen molar-refractivity contribution in [1.82, 2.24) is 15.5 Å². The molecular formula is C25H38ClN3O7S. The summed E-state index contributed by atoms with van der Waals surface area (Å²) in [7, 11) is -4.32. The van der Waals surface area contributed by atoms with Crippen LogP contribution in [0, 0.1) is 11.3 Å². The standard InChI is InChI=1S/C25H38ClN3O7S/c1-16(2)21(27-23(32)28-25(5,6)36-20(30)12-14-37(33,34)35)22(31)29-13-11-19(24(3,4)15-29)17-7-9-18(26)10-8-17/h7-10,16,19,21H,11-15H2,1-6H3,(H2,27,28,32)(H,33,34,35). The summed E-state index contributed by atoms with van der Waals surface area (Å²) in [6.07, 6.45) is 0.199. The van der Waals surface area contributed by atoms with E-state index in [1.54, 1.807) is 4.90 Å². The second kappa shape index (κ2) is 12.0. The van der Waals surface area contributed by atoms with Crippen LogP contribution in [-0.4, -0.2) is 66.4 Å². The van der Waals surface area contributed by atoms with Crippen molar-refractivity contribution in [3.8, 4) is 0 Å². The molecule has 10 nitrogen and oxygen atoms in total. The summed E-state index contributed by atoms with van der Waals surface area (Å²) in [6, 6.07) is 6.26. The number of rotatable bonds is 9. The Hall–Kier alpha value is -2.37. The highest BCUT2D eigenvalue weighted by Gasteiger charge is 2.41. The molecule has 37 heavy (non-hydrogen) atoms. The molecular weight excluding hydrogens is 522 g/mol. The number of halogens is 1. The first kappa shape index (κ1) is 30.9. The number of nitrogens with one attached hydrogen (secondary N) is 2. The highest BCUT2D eigenvalue weighted by molar-refractivity contribution is 7.85. The van der Waals surface area contributed by atoms with E-state index in [1.165, 1.54) is 19.4 Å². The maximum absolute atomic E-state index is 13.5. The number of esters is 1. The number of hydrogen-bond donors (Lipinski definition) is 3. The third-order valence-corrected chi connectivity index (χ3v) is 7.35. The Kier molecular flexibility index (Phi) is 10.0. The number of carbonyl (C=O) groups is 3. The lowest BCUT2D eigenvalue weighted by atomic mass is 9.70. The lowest BCUT2D eigenvalue weighted by molar-refractivity contribution is -0.157. The maximum atomic E-state index is 13.5. The fraction of sp³-hybridized carbons (Fsp3) is 0.640. The minimum atomic E-state index is -4.32. The molecule has 0 aliphatic carbocycles. The molecule has 0 radical (unpaired) electrons. The van der Waals surface area contributed by atoms with Gasteiger partial charge < -0.3 is 20.3 Å². The molecule has 1 aromatic rings. The average Bonchev–Trinajstić information content (AvgIpc) is 2.74. The molecule has 0 spiro atoms. The van der Waals surface area contributed by atoms with E-state index in [-0.39, 0.29) is 23.2 Å². The first-order valence-electron chi connectivity index (χ1n) is 12.2. The summed E-state index contributed by atoms with van der Waals surface area (Å²) in [5.74, 6) is -1.86. The maximum Gasteiger partial charge on any atom is 0.318 e. The van der Waals surface area contributed by atoms with Gasteiger partial charge in [-0.3, -0.25) is 14.1 Å². The number of ether oxygens (including phenoxy) is 1. The summed E-state index contributed by atoms with van der Waals surface area (Å²) in [6.45, 7) is 11.8. The molecule has 0 bridgehead atoms. The summed E-state index contributed by atoms with van der Waals surface area (Å²) in [4.78, 5) is 39.9. The number of nitrogens with zero attached hydrogens (tertiary/aromatic N) is 1. The molecule has 2 atom stereocenters. The Balaban J connectivity index is 2.01. The van der Waals surface area contributed by atoms with Gasteiger partial charge in [0.25, 0.3) is 10.1 Å². The van der Waals surface area contributed by atoms with E-state index in [0.717, 1.165) is 6.42 Å². The highest BCUT2D eigenvalue weighted by atomic mass is 35.5. The minimum absolute atomic E-state index is 0.198. The molecule has 0 saturated carbocycles. The van der Waals surface area contributed by atoms with Crippen LogP contribution < -0.4 is 10.6 Å². The van der Waals surface area contributed by atoms with E-state index in [4.69, 9.17) is 20.9 Å². The molecule has 1 aromatic carbocycles. The Labute approximate surface area is 224 Å². The van der Waals surface area contributed by atoms with Crippen molar-refractivity contribution in [2.75, 3.05) is 18.8 Å². The lowest BCUT2D eigenvalue weighted by Crippen LogP contribution is -2.59. The summed E-state index contributed by atoms with van der Waals surface area (Å²) in [5, 5.41) is 5.86. The Morgan fingerprint density at radius 2 is 1.81 bits per heavy atom. The average molecular weight is 560 g/mol. The summed E-state index contributed by atoms with van der Waals surface area (Å²) in [5.41, 5.74) is -0.513. The zero-order chi connectivity index (χ0) is 28.2. The van der Waals surface area contributed by atoms with E-state index in [2.05, 4.69) is 24.5 Å².